The molecule has 20 heavy (non-hydrogen) atoms. The Morgan fingerprint density at radius 3 is 2.70 bits per heavy atom. The first kappa shape index (κ1) is 13.4. The summed E-state index contributed by atoms with van der Waals surface area (Å²) in [6.45, 7) is 1.66. The molecule has 0 atom stereocenters. The highest BCUT2D eigenvalue weighted by Gasteiger charge is 1.99. The predicted octanol–water partition coefficient (Wildman–Crippen LogP) is 4.37. The highest BCUT2D eigenvalue weighted by Crippen LogP contribution is 2.21. The summed E-state index contributed by atoms with van der Waals surface area (Å²) >= 11 is 5.19. The van der Waals surface area contributed by atoms with Crippen LogP contribution in [0.4, 0.5) is 5.69 Å². The van der Waals surface area contributed by atoms with Crippen LogP contribution < -0.4 is 5.32 Å². The zero-order chi connectivity index (χ0) is 13.8. The average Bonchev–Trinajstić information content (AvgIpc) is 3.10. The van der Waals surface area contributed by atoms with Crippen LogP contribution >= 0.6 is 27.3 Å². The van der Waals surface area contributed by atoms with Gasteiger partial charge in [0.2, 0.25) is 0 Å². The topological polar surface area (TPSA) is 29.9 Å². The van der Waals surface area contributed by atoms with Crippen molar-refractivity contribution in [3.63, 3.8) is 0 Å². The fourth-order valence-electron chi connectivity index (χ4n) is 1.95. The van der Waals surface area contributed by atoms with Crippen LogP contribution in [0.15, 0.2) is 58.0 Å². The van der Waals surface area contributed by atoms with Crippen molar-refractivity contribution in [2.45, 2.75) is 13.1 Å². The Bertz CT molecular complexity index is 659. The van der Waals surface area contributed by atoms with Gasteiger partial charge in [-0.15, -0.1) is 11.3 Å². The van der Waals surface area contributed by atoms with Gasteiger partial charge in [0, 0.05) is 24.6 Å². The summed E-state index contributed by atoms with van der Waals surface area (Å²) < 4.78 is 3.09. The largest absolute Gasteiger partial charge is 0.381 e. The van der Waals surface area contributed by atoms with E-state index in [9.17, 15) is 0 Å². The van der Waals surface area contributed by atoms with Crippen molar-refractivity contribution in [1.29, 1.82) is 0 Å². The van der Waals surface area contributed by atoms with Crippen molar-refractivity contribution < 1.29 is 0 Å². The van der Waals surface area contributed by atoms with E-state index in [0.717, 1.165) is 18.8 Å². The minimum absolute atomic E-state index is 0.810. The molecule has 0 unspecified atom stereocenters. The minimum atomic E-state index is 0.810. The Balaban J connectivity index is 1.58. The molecule has 0 saturated carbocycles. The molecule has 5 heteroatoms. The first-order valence-electron chi connectivity index (χ1n) is 6.33. The van der Waals surface area contributed by atoms with Gasteiger partial charge in [-0.05, 0) is 56.7 Å². The number of nitrogens with zero attached hydrogens (tertiary/aromatic N) is 2. The Hall–Kier alpha value is -1.59. The molecule has 1 aromatic carbocycles. The van der Waals surface area contributed by atoms with Crippen molar-refractivity contribution in [3.8, 4) is 0 Å². The number of hydrogen-bond acceptors (Lipinski definition) is 3. The van der Waals surface area contributed by atoms with Gasteiger partial charge in [-0.2, -0.15) is 5.10 Å². The first-order chi connectivity index (χ1) is 9.79. The maximum absolute atomic E-state index is 4.21. The van der Waals surface area contributed by atoms with E-state index in [1.54, 1.807) is 17.5 Å². The lowest BCUT2D eigenvalue weighted by Gasteiger charge is -2.07. The molecule has 0 radical (unpaired) electrons. The smallest absolute Gasteiger partial charge is 0.0701 e. The second-order valence-corrected chi connectivity index (χ2v) is 6.80. The van der Waals surface area contributed by atoms with Gasteiger partial charge in [0.1, 0.15) is 0 Å². The van der Waals surface area contributed by atoms with Crippen LogP contribution in [0.3, 0.4) is 0 Å². The van der Waals surface area contributed by atoms with Gasteiger partial charge in [0.05, 0.1) is 10.3 Å². The maximum atomic E-state index is 4.21. The number of halogens is 1. The van der Waals surface area contributed by atoms with Gasteiger partial charge in [0.25, 0.3) is 0 Å². The van der Waals surface area contributed by atoms with E-state index in [-0.39, 0.29) is 0 Å². The normalized spacial score (nSPS) is 10.7. The molecule has 0 amide bonds. The lowest BCUT2D eigenvalue weighted by atomic mass is 10.2. The standard InChI is InChI=1S/C15H14BrN3S/c16-15-8-13(11-20-15)9-17-14-4-2-12(3-5-14)10-19-7-1-6-18-19/h1-8,11,17H,9-10H2. The molecule has 0 aliphatic carbocycles. The van der Waals surface area contributed by atoms with Crippen molar-refractivity contribution in [1.82, 2.24) is 9.78 Å². The maximum Gasteiger partial charge on any atom is 0.0701 e. The van der Waals surface area contributed by atoms with E-state index in [1.165, 1.54) is 14.9 Å². The van der Waals surface area contributed by atoms with Crippen LogP contribution in [0, 0.1) is 0 Å². The fraction of sp³-hybridized carbons (Fsp3) is 0.133. The highest BCUT2D eigenvalue weighted by molar-refractivity contribution is 9.11. The third-order valence-electron chi connectivity index (χ3n) is 2.98. The summed E-state index contributed by atoms with van der Waals surface area (Å²) in [5.41, 5.74) is 3.68. The number of nitrogens with one attached hydrogen (secondary N) is 1. The Morgan fingerprint density at radius 2 is 2.05 bits per heavy atom. The molecule has 3 aromatic rings. The van der Waals surface area contributed by atoms with E-state index in [2.05, 4.69) is 62.1 Å². The molecule has 0 spiro atoms. The van der Waals surface area contributed by atoms with Gasteiger partial charge in [-0.3, -0.25) is 4.68 Å². The number of thiophene rings is 1. The summed E-state index contributed by atoms with van der Waals surface area (Å²) in [6.07, 6.45) is 3.77. The van der Waals surface area contributed by atoms with E-state index in [1.807, 2.05) is 16.9 Å². The number of benzene rings is 1. The number of rotatable bonds is 5. The van der Waals surface area contributed by atoms with E-state index >= 15 is 0 Å². The summed E-state index contributed by atoms with van der Waals surface area (Å²) in [6, 6.07) is 12.6. The molecule has 0 saturated heterocycles. The van der Waals surface area contributed by atoms with Gasteiger partial charge in [-0.25, -0.2) is 0 Å². The Morgan fingerprint density at radius 1 is 1.20 bits per heavy atom. The lowest BCUT2D eigenvalue weighted by molar-refractivity contribution is 0.687. The zero-order valence-corrected chi connectivity index (χ0v) is 13.2. The van der Waals surface area contributed by atoms with Crippen molar-refractivity contribution >= 4 is 33.0 Å². The molecule has 1 N–H and O–H groups in total. The molecule has 2 aromatic heterocycles. The SMILES string of the molecule is Brc1cc(CNc2ccc(Cn3cccn3)cc2)cs1. The predicted molar refractivity (Wildman–Crippen MR) is 87.1 cm³/mol. The molecule has 3 nitrogen and oxygen atoms in total. The number of aromatic nitrogens is 2. The molecule has 0 aliphatic rings. The fourth-order valence-corrected chi connectivity index (χ4v) is 3.16. The summed E-state index contributed by atoms with van der Waals surface area (Å²) in [5.74, 6) is 0. The molecule has 2 heterocycles. The summed E-state index contributed by atoms with van der Waals surface area (Å²) in [7, 11) is 0. The Labute approximate surface area is 130 Å². The van der Waals surface area contributed by atoms with E-state index in [4.69, 9.17) is 0 Å². The molecular formula is C15H14BrN3S. The van der Waals surface area contributed by atoms with Crippen LogP contribution in [0.1, 0.15) is 11.1 Å². The van der Waals surface area contributed by atoms with E-state index in [0.29, 0.717) is 0 Å². The monoisotopic (exact) mass is 347 g/mol. The van der Waals surface area contributed by atoms with Gasteiger partial charge >= 0.3 is 0 Å². The van der Waals surface area contributed by atoms with Crippen molar-refractivity contribution in [2.75, 3.05) is 5.32 Å². The average molecular weight is 348 g/mol. The van der Waals surface area contributed by atoms with Gasteiger partial charge in [0.15, 0.2) is 0 Å². The minimum Gasteiger partial charge on any atom is -0.381 e. The quantitative estimate of drug-likeness (QED) is 0.742. The van der Waals surface area contributed by atoms with Crippen LogP contribution in [0.5, 0.6) is 0 Å². The molecule has 0 fully saturated rings. The van der Waals surface area contributed by atoms with Crippen LogP contribution in [-0.2, 0) is 13.1 Å². The first-order valence-corrected chi connectivity index (χ1v) is 8.00. The third-order valence-corrected chi connectivity index (χ3v) is 4.53. The second-order valence-electron chi connectivity index (χ2n) is 4.51. The van der Waals surface area contributed by atoms with Crippen LogP contribution in [0.25, 0.3) is 0 Å². The number of anilines is 1. The highest BCUT2D eigenvalue weighted by atomic mass is 79.9. The zero-order valence-electron chi connectivity index (χ0n) is 10.8. The second kappa shape index (κ2) is 6.24. The molecular weight excluding hydrogens is 334 g/mol. The molecule has 3 rings (SSSR count). The van der Waals surface area contributed by atoms with Crippen molar-refractivity contribution in [2.24, 2.45) is 0 Å². The lowest BCUT2D eigenvalue weighted by Crippen LogP contribution is -2.01. The number of hydrogen-bond donors (Lipinski definition) is 1. The molecule has 102 valence electrons. The third kappa shape index (κ3) is 3.49. The van der Waals surface area contributed by atoms with Gasteiger partial charge < -0.3 is 5.32 Å². The van der Waals surface area contributed by atoms with Crippen molar-refractivity contribution in [3.05, 3.63) is 69.1 Å². The summed E-state index contributed by atoms with van der Waals surface area (Å²) in [5, 5.41) is 9.79. The van der Waals surface area contributed by atoms with E-state index < -0.39 is 0 Å². The molecule has 0 aliphatic heterocycles. The Kier molecular flexibility index (Phi) is 4.18. The molecule has 0 bridgehead atoms. The van der Waals surface area contributed by atoms with Crippen LogP contribution in [-0.4, -0.2) is 9.78 Å². The summed E-state index contributed by atoms with van der Waals surface area (Å²) in [4.78, 5) is 0. The van der Waals surface area contributed by atoms with Crippen LogP contribution in [0.2, 0.25) is 0 Å². The van der Waals surface area contributed by atoms with Gasteiger partial charge in [-0.1, -0.05) is 12.1 Å².